The highest BCUT2D eigenvalue weighted by atomic mass is 35.5. The Morgan fingerprint density at radius 1 is 1.28 bits per heavy atom. The molecule has 0 saturated carbocycles. The van der Waals surface area contributed by atoms with Crippen molar-refractivity contribution < 1.29 is 13.9 Å². The lowest BCUT2D eigenvalue weighted by molar-refractivity contribution is 0.0370. The molecule has 1 heterocycles. The number of rotatable bonds is 4. The molecular formula is C13H17ClFNO2. The average molecular weight is 274 g/mol. The lowest BCUT2D eigenvalue weighted by Crippen LogP contribution is -2.37. The molecular weight excluding hydrogens is 257 g/mol. The summed E-state index contributed by atoms with van der Waals surface area (Å²) in [6.45, 7) is 3.81. The predicted octanol–water partition coefficient (Wildman–Crippen LogP) is 2.15. The van der Waals surface area contributed by atoms with Crippen molar-refractivity contribution in [2.45, 2.75) is 6.42 Å². The predicted molar refractivity (Wildman–Crippen MR) is 69.9 cm³/mol. The summed E-state index contributed by atoms with van der Waals surface area (Å²) >= 11 is 0. The fraction of sp³-hybridized carbons (Fsp3) is 0.462. The van der Waals surface area contributed by atoms with Crippen molar-refractivity contribution in [1.82, 2.24) is 4.90 Å². The van der Waals surface area contributed by atoms with Crippen LogP contribution in [0.2, 0.25) is 0 Å². The molecule has 0 amide bonds. The number of hydrogen-bond donors (Lipinski definition) is 0. The van der Waals surface area contributed by atoms with Gasteiger partial charge in [0, 0.05) is 26.1 Å². The molecule has 18 heavy (non-hydrogen) atoms. The van der Waals surface area contributed by atoms with Crippen LogP contribution in [0.5, 0.6) is 0 Å². The van der Waals surface area contributed by atoms with Gasteiger partial charge in [-0.05, 0) is 12.1 Å². The zero-order valence-electron chi connectivity index (χ0n) is 10.1. The molecule has 0 aliphatic carbocycles. The Hall–Kier alpha value is -0.970. The molecule has 5 heteroatoms. The van der Waals surface area contributed by atoms with Crippen LogP contribution in [0.1, 0.15) is 16.8 Å². The molecule has 0 spiro atoms. The highest BCUT2D eigenvalue weighted by Crippen LogP contribution is 2.10. The molecule has 0 atom stereocenters. The number of ether oxygens (including phenoxy) is 1. The summed E-state index contributed by atoms with van der Waals surface area (Å²) in [5.41, 5.74) is 0.195. The number of carbonyl (C=O) groups excluding carboxylic acids is 1. The highest BCUT2D eigenvalue weighted by Gasteiger charge is 2.14. The van der Waals surface area contributed by atoms with E-state index in [1.165, 1.54) is 12.1 Å². The van der Waals surface area contributed by atoms with Gasteiger partial charge in [0.25, 0.3) is 0 Å². The van der Waals surface area contributed by atoms with Gasteiger partial charge in [-0.2, -0.15) is 0 Å². The van der Waals surface area contributed by atoms with Gasteiger partial charge in [-0.1, -0.05) is 12.1 Å². The molecule has 0 aromatic heterocycles. The third-order valence-corrected chi connectivity index (χ3v) is 2.93. The molecule has 1 aromatic rings. The summed E-state index contributed by atoms with van der Waals surface area (Å²) in [4.78, 5) is 14.0. The van der Waals surface area contributed by atoms with Crippen LogP contribution in [-0.4, -0.2) is 43.5 Å². The van der Waals surface area contributed by atoms with E-state index in [9.17, 15) is 9.18 Å². The summed E-state index contributed by atoms with van der Waals surface area (Å²) in [6.07, 6.45) is 0.362. The monoisotopic (exact) mass is 273 g/mol. The SMILES string of the molecule is Cl.O=C(CCN1CCOCC1)c1ccccc1F. The maximum absolute atomic E-state index is 13.4. The van der Waals surface area contributed by atoms with E-state index < -0.39 is 5.82 Å². The lowest BCUT2D eigenvalue weighted by Gasteiger charge is -2.26. The maximum atomic E-state index is 13.4. The van der Waals surface area contributed by atoms with E-state index in [0.717, 1.165) is 13.1 Å². The molecule has 100 valence electrons. The third kappa shape index (κ3) is 4.05. The van der Waals surface area contributed by atoms with Gasteiger partial charge in [0.2, 0.25) is 0 Å². The van der Waals surface area contributed by atoms with E-state index >= 15 is 0 Å². The second-order valence-electron chi connectivity index (χ2n) is 4.11. The zero-order valence-corrected chi connectivity index (χ0v) is 10.9. The lowest BCUT2D eigenvalue weighted by atomic mass is 10.1. The molecule has 2 rings (SSSR count). The van der Waals surface area contributed by atoms with Gasteiger partial charge in [-0.15, -0.1) is 12.4 Å². The fourth-order valence-corrected chi connectivity index (χ4v) is 1.91. The van der Waals surface area contributed by atoms with Crippen LogP contribution in [0.4, 0.5) is 4.39 Å². The number of nitrogens with zero attached hydrogens (tertiary/aromatic N) is 1. The van der Waals surface area contributed by atoms with Crippen molar-refractivity contribution >= 4 is 18.2 Å². The van der Waals surface area contributed by atoms with Crippen LogP contribution >= 0.6 is 12.4 Å². The van der Waals surface area contributed by atoms with Crippen molar-refractivity contribution in [3.63, 3.8) is 0 Å². The van der Waals surface area contributed by atoms with Crippen molar-refractivity contribution in [2.75, 3.05) is 32.8 Å². The van der Waals surface area contributed by atoms with Crippen LogP contribution in [0.25, 0.3) is 0 Å². The number of ketones is 1. The van der Waals surface area contributed by atoms with E-state index in [-0.39, 0.29) is 23.8 Å². The molecule has 0 unspecified atom stereocenters. The number of morpholine rings is 1. The summed E-state index contributed by atoms with van der Waals surface area (Å²) in [6, 6.07) is 6.14. The molecule has 0 bridgehead atoms. The Kier molecular flexibility index (Phi) is 6.25. The van der Waals surface area contributed by atoms with Crippen LogP contribution in [0, 0.1) is 5.82 Å². The molecule has 1 saturated heterocycles. The van der Waals surface area contributed by atoms with Crippen molar-refractivity contribution in [3.05, 3.63) is 35.6 Å². The number of halogens is 2. The minimum Gasteiger partial charge on any atom is -0.379 e. The van der Waals surface area contributed by atoms with Crippen molar-refractivity contribution in [3.8, 4) is 0 Å². The molecule has 0 radical (unpaired) electrons. The molecule has 1 fully saturated rings. The van der Waals surface area contributed by atoms with Crippen molar-refractivity contribution in [2.24, 2.45) is 0 Å². The first-order valence-electron chi connectivity index (χ1n) is 5.85. The molecule has 3 nitrogen and oxygen atoms in total. The van der Waals surface area contributed by atoms with E-state index in [2.05, 4.69) is 4.90 Å². The number of benzene rings is 1. The van der Waals surface area contributed by atoms with Crippen LogP contribution in [-0.2, 0) is 4.74 Å². The van der Waals surface area contributed by atoms with Gasteiger partial charge in [0.1, 0.15) is 5.82 Å². The number of Topliss-reactive ketones (excluding diaryl/α,β-unsaturated/α-hetero) is 1. The van der Waals surface area contributed by atoms with E-state index in [1.54, 1.807) is 12.1 Å². The smallest absolute Gasteiger partial charge is 0.167 e. The summed E-state index contributed by atoms with van der Waals surface area (Å²) < 4.78 is 18.6. The quantitative estimate of drug-likeness (QED) is 0.788. The molecule has 0 N–H and O–H groups in total. The summed E-state index contributed by atoms with van der Waals surface area (Å²) in [7, 11) is 0. The average Bonchev–Trinajstić information content (AvgIpc) is 2.38. The topological polar surface area (TPSA) is 29.5 Å². The van der Waals surface area contributed by atoms with Crippen LogP contribution in [0.3, 0.4) is 0 Å². The van der Waals surface area contributed by atoms with E-state index in [0.29, 0.717) is 26.2 Å². The third-order valence-electron chi connectivity index (χ3n) is 2.93. The molecule has 1 aliphatic heterocycles. The van der Waals surface area contributed by atoms with Gasteiger partial charge < -0.3 is 4.74 Å². The maximum Gasteiger partial charge on any atom is 0.167 e. The summed E-state index contributed by atoms with van der Waals surface area (Å²) in [5, 5.41) is 0. The molecule has 1 aliphatic rings. The first-order valence-corrected chi connectivity index (χ1v) is 5.85. The number of carbonyl (C=O) groups is 1. The van der Waals surface area contributed by atoms with Crippen molar-refractivity contribution in [1.29, 1.82) is 0 Å². The Morgan fingerprint density at radius 2 is 1.94 bits per heavy atom. The van der Waals surface area contributed by atoms with Crippen LogP contribution in [0.15, 0.2) is 24.3 Å². The second kappa shape index (κ2) is 7.46. The van der Waals surface area contributed by atoms with Gasteiger partial charge in [-0.3, -0.25) is 9.69 Å². The van der Waals surface area contributed by atoms with Gasteiger partial charge in [0.05, 0.1) is 18.8 Å². The summed E-state index contributed by atoms with van der Waals surface area (Å²) in [5.74, 6) is -0.561. The molecule has 1 aromatic carbocycles. The van der Waals surface area contributed by atoms with Gasteiger partial charge in [0.15, 0.2) is 5.78 Å². The minimum atomic E-state index is -0.431. The minimum absolute atomic E-state index is 0. The standard InChI is InChI=1S/C13H16FNO2.ClH/c14-12-4-2-1-3-11(12)13(16)5-6-15-7-9-17-10-8-15;/h1-4H,5-10H2;1H. The second-order valence-corrected chi connectivity index (χ2v) is 4.11. The fourth-order valence-electron chi connectivity index (χ4n) is 1.91. The zero-order chi connectivity index (χ0) is 12.1. The Bertz CT molecular complexity index is 394. The van der Waals surface area contributed by atoms with Gasteiger partial charge >= 0.3 is 0 Å². The first-order chi connectivity index (χ1) is 8.27. The largest absolute Gasteiger partial charge is 0.379 e. The van der Waals surface area contributed by atoms with Crippen LogP contribution < -0.4 is 0 Å². The van der Waals surface area contributed by atoms with E-state index in [1.807, 2.05) is 0 Å². The number of hydrogen-bond acceptors (Lipinski definition) is 3. The Balaban J connectivity index is 0.00000162. The first kappa shape index (κ1) is 15.1. The highest BCUT2D eigenvalue weighted by molar-refractivity contribution is 5.96. The normalized spacial score (nSPS) is 16.1. The van der Waals surface area contributed by atoms with Gasteiger partial charge in [-0.25, -0.2) is 4.39 Å². The van der Waals surface area contributed by atoms with E-state index in [4.69, 9.17) is 4.74 Å². The Labute approximate surface area is 112 Å². The Morgan fingerprint density at radius 3 is 2.61 bits per heavy atom.